The zero-order valence-corrected chi connectivity index (χ0v) is 16.6. The molecule has 0 saturated heterocycles. The van der Waals surface area contributed by atoms with Crippen molar-refractivity contribution < 1.29 is 30.1 Å². The van der Waals surface area contributed by atoms with E-state index in [4.69, 9.17) is 0 Å². The molecule has 0 N–H and O–H groups in total. The molecule has 0 saturated carbocycles. The third-order valence-electron chi connectivity index (χ3n) is 4.76. The van der Waals surface area contributed by atoms with Gasteiger partial charge >= 0.3 is 6.18 Å². The van der Waals surface area contributed by atoms with Crippen LogP contribution in [0.2, 0.25) is 0 Å². The molecule has 0 radical (unpaired) electrons. The molecule has 0 aliphatic rings. The SMILES string of the molecule is CCCC[N+](CCCC)(CCCC)Cc1ccc(C(F)(F)F)cc1.[Cl-]. The Morgan fingerprint density at radius 2 is 1.16 bits per heavy atom. The zero-order valence-electron chi connectivity index (χ0n) is 15.8. The highest BCUT2D eigenvalue weighted by Gasteiger charge is 2.31. The highest BCUT2D eigenvalue weighted by atomic mass is 35.5. The van der Waals surface area contributed by atoms with E-state index in [2.05, 4.69) is 20.8 Å². The molecular formula is C20H33ClF3N. The van der Waals surface area contributed by atoms with E-state index in [-0.39, 0.29) is 12.4 Å². The van der Waals surface area contributed by atoms with Crippen LogP contribution in [0.3, 0.4) is 0 Å². The third kappa shape index (κ3) is 8.46. The van der Waals surface area contributed by atoms with E-state index < -0.39 is 11.7 Å². The molecule has 0 bridgehead atoms. The number of nitrogens with zero attached hydrogens (tertiary/aromatic N) is 1. The second-order valence-electron chi connectivity index (χ2n) is 6.93. The lowest BCUT2D eigenvalue weighted by Crippen LogP contribution is -3.00. The summed E-state index contributed by atoms with van der Waals surface area (Å²) < 4.78 is 39.3. The molecule has 1 aromatic rings. The van der Waals surface area contributed by atoms with Crippen LogP contribution in [0, 0.1) is 0 Å². The first kappa shape index (κ1) is 24.3. The summed E-state index contributed by atoms with van der Waals surface area (Å²) in [6.07, 6.45) is 2.75. The quantitative estimate of drug-likeness (QED) is 0.517. The van der Waals surface area contributed by atoms with E-state index in [1.54, 1.807) is 12.1 Å². The van der Waals surface area contributed by atoms with E-state index in [0.29, 0.717) is 0 Å². The molecule has 0 aliphatic heterocycles. The van der Waals surface area contributed by atoms with E-state index in [1.165, 1.54) is 31.4 Å². The first-order valence-electron chi connectivity index (χ1n) is 9.38. The van der Waals surface area contributed by atoms with Crippen molar-refractivity contribution in [1.29, 1.82) is 0 Å². The Morgan fingerprint density at radius 1 is 0.760 bits per heavy atom. The number of halogens is 4. The maximum Gasteiger partial charge on any atom is 0.416 e. The second kappa shape index (κ2) is 11.8. The van der Waals surface area contributed by atoms with Crippen LogP contribution in [0.15, 0.2) is 24.3 Å². The smallest absolute Gasteiger partial charge is 0.416 e. The van der Waals surface area contributed by atoms with E-state index in [1.807, 2.05) is 0 Å². The van der Waals surface area contributed by atoms with Crippen LogP contribution in [0.1, 0.15) is 70.4 Å². The van der Waals surface area contributed by atoms with E-state index in [0.717, 1.165) is 55.5 Å². The van der Waals surface area contributed by atoms with Gasteiger partial charge in [-0.15, -0.1) is 0 Å². The predicted octanol–water partition coefficient (Wildman–Crippen LogP) is 3.43. The summed E-state index contributed by atoms with van der Waals surface area (Å²) in [7, 11) is 0. The largest absolute Gasteiger partial charge is 1.00 e. The van der Waals surface area contributed by atoms with Gasteiger partial charge in [0, 0.05) is 5.56 Å². The van der Waals surface area contributed by atoms with Gasteiger partial charge in [-0.05, 0) is 31.4 Å². The standard InChI is InChI=1S/C20H33F3N.ClH/c1-4-7-14-24(15-8-5-2,16-9-6-3)17-18-10-12-19(13-11-18)20(21,22)23;/h10-13H,4-9,14-17H2,1-3H3;1H/q+1;/p-1. The summed E-state index contributed by atoms with van der Waals surface area (Å²) in [5.74, 6) is 0. The summed E-state index contributed by atoms with van der Waals surface area (Å²) in [6.45, 7) is 10.8. The lowest BCUT2D eigenvalue weighted by Gasteiger charge is -2.39. The van der Waals surface area contributed by atoms with Gasteiger partial charge in [0.1, 0.15) is 6.54 Å². The lowest BCUT2D eigenvalue weighted by atomic mass is 10.1. The highest BCUT2D eigenvalue weighted by Crippen LogP contribution is 2.30. The zero-order chi connectivity index (χ0) is 18.1. The summed E-state index contributed by atoms with van der Waals surface area (Å²) >= 11 is 0. The van der Waals surface area contributed by atoms with Crippen LogP contribution < -0.4 is 12.4 Å². The molecule has 0 aliphatic carbocycles. The van der Waals surface area contributed by atoms with Crippen LogP contribution in [0.25, 0.3) is 0 Å². The van der Waals surface area contributed by atoms with Crippen molar-refractivity contribution in [2.75, 3.05) is 19.6 Å². The normalized spacial score (nSPS) is 12.1. The molecule has 1 nitrogen and oxygen atoms in total. The van der Waals surface area contributed by atoms with Crippen LogP contribution in [0.4, 0.5) is 13.2 Å². The number of benzene rings is 1. The number of alkyl halides is 3. The first-order valence-corrected chi connectivity index (χ1v) is 9.38. The molecule has 25 heavy (non-hydrogen) atoms. The molecular weight excluding hydrogens is 347 g/mol. The van der Waals surface area contributed by atoms with Gasteiger partial charge in [-0.25, -0.2) is 0 Å². The Labute approximate surface area is 157 Å². The van der Waals surface area contributed by atoms with Gasteiger partial charge in [-0.2, -0.15) is 13.2 Å². The Hall–Kier alpha value is -0.740. The topological polar surface area (TPSA) is 0 Å². The maximum absolute atomic E-state index is 12.8. The number of rotatable bonds is 11. The van der Waals surface area contributed by atoms with Crippen molar-refractivity contribution in [1.82, 2.24) is 0 Å². The Morgan fingerprint density at radius 3 is 1.48 bits per heavy atom. The minimum absolute atomic E-state index is 0. The number of quaternary nitrogens is 1. The van der Waals surface area contributed by atoms with Crippen molar-refractivity contribution in [3.05, 3.63) is 35.4 Å². The Kier molecular flexibility index (Phi) is 11.4. The highest BCUT2D eigenvalue weighted by molar-refractivity contribution is 5.24. The summed E-state index contributed by atoms with van der Waals surface area (Å²) in [5, 5.41) is 0. The third-order valence-corrected chi connectivity index (χ3v) is 4.76. The molecule has 0 unspecified atom stereocenters. The fraction of sp³-hybridized carbons (Fsp3) is 0.700. The second-order valence-corrected chi connectivity index (χ2v) is 6.93. The summed E-state index contributed by atoms with van der Waals surface area (Å²) in [6, 6.07) is 5.78. The van der Waals surface area contributed by atoms with Gasteiger partial charge in [0.2, 0.25) is 0 Å². The average Bonchev–Trinajstić information content (AvgIpc) is 2.56. The molecule has 0 heterocycles. The number of unbranched alkanes of at least 4 members (excludes halogenated alkanes) is 3. The van der Waals surface area contributed by atoms with Crippen LogP contribution in [-0.2, 0) is 12.7 Å². The molecule has 0 aromatic heterocycles. The fourth-order valence-electron chi connectivity index (χ4n) is 3.24. The van der Waals surface area contributed by atoms with Crippen LogP contribution >= 0.6 is 0 Å². The average molecular weight is 380 g/mol. The van der Waals surface area contributed by atoms with Gasteiger partial charge in [0.25, 0.3) is 0 Å². The van der Waals surface area contributed by atoms with Crippen molar-refractivity contribution in [2.45, 2.75) is 72.0 Å². The molecule has 146 valence electrons. The number of hydrogen-bond donors (Lipinski definition) is 0. The summed E-state index contributed by atoms with van der Waals surface area (Å²) in [4.78, 5) is 0. The number of hydrogen-bond acceptors (Lipinski definition) is 0. The van der Waals surface area contributed by atoms with E-state index in [9.17, 15) is 13.2 Å². The predicted molar refractivity (Wildman–Crippen MR) is 94.7 cm³/mol. The molecule has 0 fully saturated rings. The van der Waals surface area contributed by atoms with Gasteiger partial charge in [0.05, 0.1) is 25.2 Å². The summed E-state index contributed by atoms with van der Waals surface area (Å²) in [5.41, 5.74) is 0.464. The monoisotopic (exact) mass is 379 g/mol. The molecule has 1 rings (SSSR count). The van der Waals surface area contributed by atoms with Gasteiger partial charge < -0.3 is 16.9 Å². The van der Waals surface area contributed by atoms with Crippen molar-refractivity contribution in [3.8, 4) is 0 Å². The van der Waals surface area contributed by atoms with Gasteiger partial charge in [0.15, 0.2) is 0 Å². The molecule has 1 aromatic carbocycles. The van der Waals surface area contributed by atoms with Gasteiger partial charge in [-0.1, -0.05) is 52.2 Å². The fourth-order valence-corrected chi connectivity index (χ4v) is 3.24. The van der Waals surface area contributed by atoms with Crippen LogP contribution in [-0.4, -0.2) is 24.1 Å². The van der Waals surface area contributed by atoms with Crippen molar-refractivity contribution in [2.24, 2.45) is 0 Å². The van der Waals surface area contributed by atoms with E-state index >= 15 is 0 Å². The van der Waals surface area contributed by atoms with Crippen molar-refractivity contribution in [3.63, 3.8) is 0 Å². The Balaban J connectivity index is 0.00000576. The Bertz CT molecular complexity index is 435. The molecule has 0 amide bonds. The minimum Gasteiger partial charge on any atom is -1.00 e. The minimum atomic E-state index is -4.25. The first-order chi connectivity index (χ1) is 11.4. The molecule has 0 spiro atoms. The maximum atomic E-state index is 12.8. The van der Waals surface area contributed by atoms with Crippen LogP contribution in [0.5, 0.6) is 0 Å². The molecule has 5 heteroatoms. The lowest BCUT2D eigenvalue weighted by molar-refractivity contribution is -0.941. The molecule has 0 atom stereocenters. The van der Waals surface area contributed by atoms with Gasteiger partial charge in [-0.3, -0.25) is 0 Å². The van der Waals surface area contributed by atoms with Crippen molar-refractivity contribution >= 4 is 0 Å².